The molecule has 54 valence electrons. The molecule has 0 aliphatic heterocycles. The smallest absolute Gasteiger partial charge is 0.0776 e. The van der Waals surface area contributed by atoms with E-state index in [1.54, 1.807) is 0 Å². The predicted molar refractivity (Wildman–Crippen MR) is 40.5 cm³/mol. The zero-order valence-electron chi connectivity index (χ0n) is 6.61. The highest BCUT2D eigenvalue weighted by Crippen LogP contribution is 2.06. The molecule has 0 saturated heterocycles. The van der Waals surface area contributed by atoms with Gasteiger partial charge >= 0.3 is 0 Å². The quantitative estimate of drug-likeness (QED) is 0.528. The number of hydrogen-bond acceptors (Lipinski definition) is 1. The molecule has 0 aromatic rings. The van der Waals surface area contributed by atoms with Crippen molar-refractivity contribution in [1.82, 2.24) is 0 Å². The van der Waals surface area contributed by atoms with Crippen LogP contribution in [0.5, 0.6) is 0 Å². The highest BCUT2D eigenvalue weighted by atomic mass is 16.5. The Morgan fingerprint density at radius 2 is 2.11 bits per heavy atom. The fraction of sp³-hybridized carbons (Fsp3) is 0.750. The first-order valence-corrected chi connectivity index (χ1v) is 3.49. The van der Waals surface area contributed by atoms with Crippen LogP contribution in [-0.4, -0.2) is 12.7 Å². The number of rotatable bonds is 4. The molecule has 1 atom stereocenters. The summed E-state index contributed by atoms with van der Waals surface area (Å²) in [4.78, 5) is 0. The first kappa shape index (κ1) is 8.70. The molecule has 0 unspecified atom stereocenters. The van der Waals surface area contributed by atoms with Crippen LogP contribution < -0.4 is 0 Å². The van der Waals surface area contributed by atoms with Crippen LogP contribution in [0.25, 0.3) is 0 Å². The summed E-state index contributed by atoms with van der Waals surface area (Å²) in [6.45, 7) is 10.7. The van der Waals surface area contributed by atoms with Gasteiger partial charge in [0.05, 0.1) is 6.10 Å². The Morgan fingerprint density at radius 3 is 2.22 bits per heavy atom. The van der Waals surface area contributed by atoms with Gasteiger partial charge in [-0.05, 0) is 20.3 Å². The van der Waals surface area contributed by atoms with Crippen LogP contribution in [0.2, 0.25) is 0 Å². The van der Waals surface area contributed by atoms with E-state index in [0.29, 0.717) is 0 Å². The Morgan fingerprint density at radius 1 is 1.56 bits per heavy atom. The minimum atomic E-state index is 0.273. The van der Waals surface area contributed by atoms with E-state index >= 15 is 0 Å². The summed E-state index contributed by atoms with van der Waals surface area (Å²) in [5, 5.41) is 0. The molecule has 0 spiro atoms. The number of hydrogen-bond donors (Lipinski definition) is 0. The molecule has 0 fully saturated rings. The van der Waals surface area contributed by atoms with Gasteiger partial charge in [0.1, 0.15) is 0 Å². The lowest BCUT2D eigenvalue weighted by Gasteiger charge is -2.13. The molecule has 9 heavy (non-hydrogen) atoms. The van der Waals surface area contributed by atoms with Gasteiger partial charge in [0, 0.05) is 6.61 Å². The van der Waals surface area contributed by atoms with Crippen molar-refractivity contribution >= 4 is 0 Å². The third kappa shape index (κ3) is 3.31. The van der Waals surface area contributed by atoms with E-state index in [9.17, 15) is 0 Å². The normalized spacial score (nSPS) is 13.2. The van der Waals surface area contributed by atoms with E-state index < -0.39 is 0 Å². The van der Waals surface area contributed by atoms with Crippen LogP contribution in [-0.2, 0) is 4.74 Å². The lowest BCUT2D eigenvalue weighted by Crippen LogP contribution is -2.11. The average Bonchev–Trinajstić information content (AvgIpc) is 1.82. The molecule has 0 heterocycles. The lowest BCUT2D eigenvalue weighted by atomic mass is 10.1. The lowest BCUT2D eigenvalue weighted by molar-refractivity contribution is 0.0860. The van der Waals surface area contributed by atoms with E-state index in [2.05, 4.69) is 13.5 Å². The van der Waals surface area contributed by atoms with E-state index in [-0.39, 0.29) is 6.10 Å². The van der Waals surface area contributed by atoms with Gasteiger partial charge in [-0.15, -0.1) is 0 Å². The highest BCUT2D eigenvalue weighted by Gasteiger charge is 2.03. The summed E-state index contributed by atoms with van der Waals surface area (Å²) in [5.74, 6) is 0. The van der Waals surface area contributed by atoms with Crippen molar-refractivity contribution in [2.24, 2.45) is 0 Å². The molecule has 0 aliphatic rings. The second kappa shape index (κ2) is 4.57. The van der Waals surface area contributed by atoms with E-state index in [0.717, 1.165) is 18.6 Å². The molecule has 0 aromatic carbocycles. The molecule has 0 amide bonds. The highest BCUT2D eigenvalue weighted by molar-refractivity contribution is 4.96. The van der Waals surface area contributed by atoms with Crippen LogP contribution in [0.15, 0.2) is 12.2 Å². The van der Waals surface area contributed by atoms with E-state index in [4.69, 9.17) is 4.74 Å². The molecule has 0 radical (unpaired) electrons. The molecule has 0 saturated carbocycles. The van der Waals surface area contributed by atoms with Gasteiger partial charge < -0.3 is 4.74 Å². The van der Waals surface area contributed by atoms with E-state index in [1.165, 1.54) is 0 Å². The van der Waals surface area contributed by atoms with Gasteiger partial charge in [-0.1, -0.05) is 19.1 Å². The minimum absolute atomic E-state index is 0.273. The predicted octanol–water partition coefficient (Wildman–Crippen LogP) is 2.38. The third-order valence-electron chi connectivity index (χ3n) is 1.29. The van der Waals surface area contributed by atoms with Gasteiger partial charge in [0.25, 0.3) is 0 Å². The standard InChI is InChI=1S/C8H16O/c1-5-8(7(3)4)9-6-2/h8H,3,5-6H2,1-2,4H3/t8-/m1/s1. The zero-order valence-corrected chi connectivity index (χ0v) is 6.61. The van der Waals surface area contributed by atoms with Crippen molar-refractivity contribution in [3.8, 4) is 0 Å². The summed E-state index contributed by atoms with van der Waals surface area (Å²) in [7, 11) is 0. The largest absolute Gasteiger partial charge is 0.374 e. The van der Waals surface area contributed by atoms with Crippen molar-refractivity contribution < 1.29 is 4.74 Å². The Hall–Kier alpha value is -0.300. The first-order valence-electron chi connectivity index (χ1n) is 3.49. The Bertz CT molecular complexity index is 86.6. The van der Waals surface area contributed by atoms with Crippen molar-refractivity contribution in [1.29, 1.82) is 0 Å². The van der Waals surface area contributed by atoms with Crippen LogP contribution in [0, 0.1) is 0 Å². The zero-order chi connectivity index (χ0) is 7.28. The summed E-state index contributed by atoms with van der Waals surface area (Å²) in [6.07, 6.45) is 1.30. The van der Waals surface area contributed by atoms with Crippen LogP contribution in [0.3, 0.4) is 0 Å². The van der Waals surface area contributed by atoms with Crippen molar-refractivity contribution in [2.45, 2.75) is 33.3 Å². The second-order valence-electron chi connectivity index (χ2n) is 2.20. The SMILES string of the molecule is C=C(C)[C@@H](CC)OCC. The van der Waals surface area contributed by atoms with Gasteiger partial charge in [-0.25, -0.2) is 0 Å². The van der Waals surface area contributed by atoms with Crippen LogP contribution in [0.1, 0.15) is 27.2 Å². The Kier molecular flexibility index (Phi) is 4.41. The molecule has 1 heteroatoms. The van der Waals surface area contributed by atoms with Gasteiger partial charge in [-0.3, -0.25) is 0 Å². The minimum Gasteiger partial charge on any atom is -0.374 e. The summed E-state index contributed by atoms with van der Waals surface area (Å²) >= 11 is 0. The second-order valence-corrected chi connectivity index (χ2v) is 2.20. The third-order valence-corrected chi connectivity index (χ3v) is 1.29. The maximum absolute atomic E-state index is 5.35. The van der Waals surface area contributed by atoms with Gasteiger partial charge in [0.2, 0.25) is 0 Å². The van der Waals surface area contributed by atoms with Crippen molar-refractivity contribution in [3.63, 3.8) is 0 Å². The Labute approximate surface area is 57.7 Å². The number of ether oxygens (including phenoxy) is 1. The fourth-order valence-electron chi connectivity index (χ4n) is 0.810. The molecule has 0 aliphatic carbocycles. The first-order chi connectivity index (χ1) is 4.22. The molecule has 0 aromatic heterocycles. The summed E-state index contributed by atoms with van der Waals surface area (Å²) in [5.41, 5.74) is 1.12. The average molecular weight is 128 g/mol. The molecule has 0 N–H and O–H groups in total. The maximum atomic E-state index is 5.35. The van der Waals surface area contributed by atoms with Gasteiger partial charge in [-0.2, -0.15) is 0 Å². The maximum Gasteiger partial charge on any atom is 0.0776 e. The fourth-order valence-corrected chi connectivity index (χ4v) is 0.810. The molecule has 0 bridgehead atoms. The molecule has 0 rings (SSSR count). The monoisotopic (exact) mass is 128 g/mol. The summed E-state index contributed by atoms with van der Waals surface area (Å²) in [6, 6.07) is 0. The Balaban J connectivity index is 3.54. The van der Waals surface area contributed by atoms with Crippen molar-refractivity contribution in [3.05, 3.63) is 12.2 Å². The van der Waals surface area contributed by atoms with Crippen molar-refractivity contribution in [2.75, 3.05) is 6.61 Å². The van der Waals surface area contributed by atoms with Crippen LogP contribution in [0.4, 0.5) is 0 Å². The van der Waals surface area contributed by atoms with E-state index in [1.807, 2.05) is 13.8 Å². The molecular formula is C8H16O. The van der Waals surface area contributed by atoms with Crippen LogP contribution >= 0.6 is 0 Å². The molecular weight excluding hydrogens is 112 g/mol. The molecule has 1 nitrogen and oxygen atoms in total. The summed E-state index contributed by atoms with van der Waals surface area (Å²) < 4.78 is 5.35. The topological polar surface area (TPSA) is 9.23 Å². The van der Waals surface area contributed by atoms with Gasteiger partial charge in [0.15, 0.2) is 0 Å².